The number of rotatable bonds is 3. The van der Waals surface area contributed by atoms with Gasteiger partial charge in [-0.25, -0.2) is 4.98 Å². The molecule has 1 aromatic carbocycles. The van der Waals surface area contributed by atoms with Crippen LogP contribution in [0.3, 0.4) is 0 Å². The number of carbonyl (C=O) groups excluding carboxylic acids is 1. The smallest absolute Gasteiger partial charge is 0.272 e. The predicted octanol–water partition coefficient (Wildman–Crippen LogP) is 4.31. The summed E-state index contributed by atoms with van der Waals surface area (Å²) in [4.78, 5) is 22.0. The topological polar surface area (TPSA) is 54.3 Å². The minimum atomic E-state index is 0.0564. The maximum absolute atomic E-state index is 13.0. The van der Waals surface area contributed by atoms with Crippen LogP contribution in [0.2, 0.25) is 5.02 Å². The highest BCUT2D eigenvalue weighted by Crippen LogP contribution is 2.33. The van der Waals surface area contributed by atoms with Gasteiger partial charge < -0.3 is 9.80 Å². The summed E-state index contributed by atoms with van der Waals surface area (Å²) in [7, 11) is 0. The first-order valence-electron chi connectivity index (χ1n) is 9.51. The van der Waals surface area contributed by atoms with Gasteiger partial charge in [0.2, 0.25) is 0 Å². The Morgan fingerprint density at radius 3 is 2.57 bits per heavy atom. The molecule has 28 heavy (non-hydrogen) atoms. The summed E-state index contributed by atoms with van der Waals surface area (Å²) >= 11 is 7.91. The Bertz CT molecular complexity index is 1030. The molecular weight excluding hydrogens is 394 g/mol. The molecule has 0 aliphatic carbocycles. The molecule has 1 amide bonds. The number of carbonyl (C=O) groups is 1. The third-order valence-electron chi connectivity index (χ3n) is 5.14. The maximum Gasteiger partial charge on any atom is 0.272 e. The van der Waals surface area contributed by atoms with Crippen LogP contribution in [-0.2, 0) is 0 Å². The highest BCUT2D eigenvalue weighted by molar-refractivity contribution is 7.22. The summed E-state index contributed by atoms with van der Waals surface area (Å²) in [5.41, 5.74) is 3.54. The van der Waals surface area contributed by atoms with E-state index < -0.39 is 0 Å². The van der Waals surface area contributed by atoms with Crippen molar-refractivity contribution in [3.63, 3.8) is 0 Å². The number of fused-ring (bicyclic) bond motifs is 1. The molecule has 1 fully saturated rings. The van der Waals surface area contributed by atoms with Crippen molar-refractivity contribution in [1.82, 2.24) is 19.7 Å². The lowest BCUT2D eigenvalue weighted by molar-refractivity contribution is 0.0732. The Hall–Kier alpha value is -2.12. The van der Waals surface area contributed by atoms with Crippen LogP contribution in [-0.4, -0.2) is 51.8 Å². The van der Waals surface area contributed by atoms with E-state index in [-0.39, 0.29) is 11.9 Å². The number of anilines is 1. The van der Waals surface area contributed by atoms with E-state index in [1.165, 1.54) is 0 Å². The fraction of sp³-hybridized carbons (Fsp3) is 0.450. The van der Waals surface area contributed by atoms with Crippen molar-refractivity contribution in [2.75, 3.05) is 31.1 Å². The van der Waals surface area contributed by atoms with Crippen molar-refractivity contribution in [2.45, 2.75) is 33.7 Å². The van der Waals surface area contributed by atoms with Crippen LogP contribution in [0.4, 0.5) is 5.13 Å². The molecule has 3 heterocycles. The van der Waals surface area contributed by atoms with Crippen molar-refractivity contribution in [3.05, 3.63) is 40.2 Å². The molecule has 4 rings (SSSR count). The van der Waals surface area contributed by atoms with E-state index in [2.05, 4.69) is 10.00 Å². The van der Waals surface area contributed by atoms with Crippen molar-refractivity contribution in [2.24, 2.45) is 0 Å². The van der Waals surface area contributed by atoms with Gasteiger partial charge in [0, 0.05) is 37.2 Å². The molecule has 6 nitrogen and oxygen atoms in total. The number of halogens is 1. The summed E-state index contributed by atoms with van der Waals surface area (Å²) < 4.78 is 2.97. The molecule has 0 unspecified atom stereocenters. The maximum atomic E-state index is 13.0. The molecule has 0 spiro atoms. The first kappa shape index (κ1) is 19.2. The van der Waals surface area contributed by atoms with Gasteiger partial charge >= 0.3 is 0 Å². The number of benzene rings is 1. The zero-order valence-electron chi connectivity index (χ0n) is 16.6. The van der Waals surface area contributed by atoms with E-state index in [0.29, 0.717) is 18.8 Å². The Balaban J connectivity index is 1.49. The molecule has 1 saturated heterocycles. The van der Waals surface area contributed by atoms with Gasteiger partial charge in [0.05, 0.1) is 15.9 Å². The van der Waals surface area contributed by atoms with Crippen molar-refractivity contribution < 1.29 is 4.79 Å². The summed E-state index contributed by atoms with van der Waals surface area (Å²) in [6, 6.07) is 6.00. The SMILES string of the molecule is Cc1cc(C(=O)N2CCN(c3nc4c(C)c(Cl)ccc4s3)CC2)n(C(C)C)n1. The Morgan fingerprint density at radius 1 is 1.18 bits per heavy atom. The molecule has 0 atom stereocenters. The van der Waals surface area contributed by atoms with E-state index in [9.17, 15) is 4.79 Å². The van der Waals surface area contributed by atoms with Gasteiger partial charge in [0.15, 0.2) is 5.13 Å². The zero-order chi connectivity index (χ0) is 20.0. The van der Waals surface area contributed by atoms with E-state index in [1.54, 1.807) is 11.3 Å². The summed E-state index contributed by atoms with van der Waals surface area (Å²) in [6.45, 7) is 10.9. The molecule has 0 saturated carbocycles. The fourth-order valence-corrected chi connectivity index (χ4v) is 4.79. The van der Waals surface area contributed by atoms with Gasteiger partial charge in [-0.2, -0.15) is 5.10 Å². The summed E-state index contributed by atoms with van der Waals surface area (Å²) in [5.74, 6) is 0.0564. The van der Waals surface area contributed by atoms with Crippen LogP contribution in [0.15, 0.2) is 18.2 Å². The zero-order valence-corrected chi connectivity index (χ0v) is 18.1. The quantitative estimate of drug-likeness (QED) is 0.637. The van der Waals surface area contributed by atoms with Gasteiger partial charge in [-0.3, -0.25) is 9.48 Å². The Morgan fingerprint density at radius 2 is 1.89 bits per heavy atom. The van der Waals surface area contributed by atoms with Gasteiger partial charge in [0.1, 0.15) is 5.69 Å². The lowest BCUT2D eigenvalue weighted by atomic mass is 10.2. The molecule has 0 radical (unpaired) electrons. The lowest BCUT2D eigenvalue weighted by Gasteiger charge is -2.34. The van der Waals surface area contributed by atoms with Crippen LogP contribution >= 0.6 is 22.9 Å². The second-order valence-electron chi connectivity index (χ2n) is 7.50. The number of nitrogens with zero attached hydrogens (tertiary/aromatic N) is 5. The van der Waals surface area contributed by atoms with Crippen LogP contribution in [0.1, 0.15) is 41.6 Å². The largest absolute Gasteiger partial charge is 0.345 e. The lowest BCUT2D eigenvalue weighted by Crippen LogP contribution is -2.49. The minimum absolute atomic E-state index is 0.0564. The first-order chi connectivity index (χ1) is 13.3. The fourth-order valence-electron chi connectivity index (χ4n) is 3.56. The minimum Gasteiger partial charge on any atom is -0.345 e. The number of piperazine rings is 1. The molecule has 8 heteroatoms. The van der Waals surface area contributed by atoms with E-state index in [0.717, 1.165) is 44.7 Å². The van der Waals surface area contributed by atoms with Gasteiger partial charge in [-0.05, 0) is 51.5 Å². The van der Waals surface area contributed by atoms with Crippen LogP contribution in [0.25, 0.3) is 10.2 Å². The molecule has 1 aliphatic heterocycles. The van der Waals surface area contributed by atoms with E-state index >= 15 is 0 Å². The molecular formula is C20H24ClN5OS. The normalized spacial score (nSPS) is 15.1. The highest BCUT2D eigenvalue weighted by atomic mass is 35.5. The average Bonchev–Trinajstić information content (AvgIpc) is 3.28. The molecule has 0 N–H and O–H groups in total. The number of thiazole rings is 1. The number of aromatic nitrogens is 3. The van der Waals surface area contributed by atoms with E-state index in [4.69, 9.17) is 16.6 Å². The third-order valence-corrected chi connectivity index (χ3v) is 6.63. The number of hydrogen-bond donors (Lipinski definition) is 0. The average molecular weight is 418 g/mol. The Labute approximate surface area is 173 Å². The van der Waals surface area contributed by atoms with Crippen molar-refractivity contribution in [3.8, 4) is 0 Å². The Kier molecular flexibility index (Phi) is 5.05. The predicted molar refractivity (Wildman–Crippen MR) is 115 cm³/mol. The molecule has 3 aromatic rings. The molecule has 148 valence electrons. The van der Waals surface area contributed by atoms with Crippen LogP contribution in [0, 0.1) is 13.8 Å². The molecule has 0 bridgehead atoms. The van der Waals surface area contributed by atoms with E-state index in [1.807, 2.05) is 55.5 Å². The number of hydrogen-bond acceptors (Lipinski definition) is 5. The van der Waals surface area contributed by atoms with Gasteiger partial charge in [0.25, 0.3) is 5.91 Å². The van der Waals surface area contributed by atoms with Crippen molar-refractivity contribution >= 4 is 44.2 Å². The second kappa shape index (κ2) is 7.37. The van der Waals surface area contributed by atoms with Crippen LogP contribution < -0.4 is 4.90 Å². The van der Waals surface area contributed by atoms with Gasteiger partial charge in [-0.1, -0.05) is 22.9 Å². The number of amides is 1. The molecule has 2 aromatic heterocycles. The third kappa shape index (κ3) is 3.37. The summed E-state index contributed by atoms with van der Waals surface area (Å²) in [6.07, 6.45) is 0. The monoisotopic (exact) mass is 417 g/mol. The highest BCUT2D eigenvalue weighted by Gasteiger charge is 2.27. The second-order valence-corrected chi connectivity index (χ2v) is 8.92. The molecule has 1 aliphatic rings. The first-order valence-corrected chi connectivity index (χ1v) is 10.7. The standard InChI is InChI=1S/C20H24ClN5OS/c1-12(2)26-16(11-13(3)23-26)19(27)24-7-9-25(10-8-24)20-22-18-14(4)15(21)5-6-17(18)28-20/h5-6,11-12H,7-10H2,1-4H3. The van der Waals surface area contributed by atoms with Crippen LogP contribution in [0.5, 0.6) is 0 Å². The summed E-state index contributed by atoms with van der Waals surface area (Å²) in [5, 5.41) is 6.21. The number of aryl methyl sites for hydroxylation is 2. The van der Waals surface area contributed by atoms with Gasteiger partial charge in [-0.15, -0.1) is 0 Å². The van der Waals surface area contributed by atoms with Crippen molar-refractivity contribution in [1.29, 1.82) is 0 Å².